The largest absolute Gasteiger partial charge is 0.431 e. The van der Waals surface area contributed by atoms with Crippen LogP contribution in [-0.4, -0.2) is 45.7 Å². The molecule has 2 aromatic heterocycles. The van der Waals surface area contributed by atoms with Crippen molar-refractivity contribution in [1.82, 2.24) is 19.3 Å². The van der Waals surface area contributed by atoms with E-state index >= 15 is 0 Å². The molecule has 0 aliphatic carbocycles. The molecule has 4 rings (SSSR count). The quantitative estimate of drug-likeness (QED) is 0.268. The number of nitro benzene ring substituents is 1. The van der Waals surface area contributed by atoms with E-state index in [1.54, 1.807) is 62.6 Å². The fourth-order valence-electron chi connectivity index (χ4n) is 3.45. The third-order valence-corrected chi connectivity index (χ3v) is 7.21. The van der Waals surface area contributed by atoms with Gasteiger partial charge in [0.1, 0.15) is 0 Å². The van der Waals surface area contributed by atoms with E-state index in [9.17, 15) is 18.5 Å². The van der Waals surface area contributed by atoms with Crippen molar-refractivity contribution in [3.8, 4) is 23.0 Å². The minimum atomic E-state index is -3.88. The highest BCUT2D eigenvalue weighted by Crippen LogP contribution is 2.36. The lowest BCUT2D eigenvalue weighted by Gasteiger charge is -2.18. The van der Waals surface area contributed by atoms with Gasteiger partial charge in [-0.15, -0.1) is 0 Å². The van der Waals surface area contributed by atoms with Crippen LogP contribution in [0.15, 0.2) is 71.9 Å². The number of hydrogen-bond donors (Lipinski definition) is 0. The third kappa shape index (κ3) is 4.43. The van der Waals surface area contributed by atoms with Crippen molar-refractivity contribution in [2.45, 2.75) is 18.7 Å². The first-order chi connectivity index (χ1) is 16.3. The van der Waals surface area contributed by atoms with Crippen molar-refractivity contribution >= 4 is 26.6 Å². The van der Waals surface area contributed by atoms with Gasteiger partial charge < -0.3 is 4.74 Å². The number of pyridine rings is 1. The number of rotatable bonds is 8. The minimum absolute atomic E-state index is 0.104. The van der Waals surface area contributed by atoms with Crippen molar-refractivity contribution in [1.29, 1.82) is 0 Å². The van der Waals surface area contributed by atoms with E-state index in [1.165, 1.54) is 16.4 Å². The second-order valence-electron chi connectivity index (χ2n) is 7.19. The summed E-state index contributed by atoms with van der Waals surface area (Å²) in [5.74, 6) is 0.307. The average molecular weight is 480 g/mol. The van der Waals surface area contributed by atoms with Gasteiger partial charge in [-0.1, -0.05) is 26.0 Å². The molecule has 11 heteroatoms. The van der Waals surface area contributed by atoms with Gasteiger partial charge in [-0.3, -0.25) is 15.1 Å². The first-order valence-electron chi connectivity index (χ1n) is 10.5. The Morgan fingerprint density at radius 3 is 2.47 bits per heavy atom. The summed E-state index contributed by atoms with van der Waals surface area (Å²) in [7, 11) is -3.88. The Morgan fingerprint density at radius 1 is 1.03 bits per heavy atom. The average Bonchev–Trinajstić information content (AvgIpc) is 2.85. The molecule has 0 saturated carbocycles. The number of hydrogen-bond acceptors (Lipinski definition) is 8. The van der Waals surface area contributed by atoms with Crippen molar-refractivity contribution in [2.24, 2.45) is 0 Å². The van der Waals surface area contributed by atoms with E-state index in [0.29, 0.717) is 22.3 Å². The Kier molecular flexibility index (Phi) is 6.48. The zero-order chi connectivity index (χ0) is 24.3. The zero-order valence-corrected chi connectivity index (χ0v) is 19.3. The normalized spacial score (nSPS) is 11.6. The number of sulfonamides is 1. The molecule has 2 aromatic carbocycles. The number of nitro groups is 1. The molecule has 4 aromatic rings. The van der Waals surface area contributed by atoms with Crippen LogP contribution in [0.3, 0.4) is 0 Å². The van der Waals surface area contributed by atoms with Gasteiger partial charge in [-0.25, -0.2) is 13.4 Å². The molecular formula is C23H21N5O5S. The smallest absolute Gasteiger partial charge is 0.312 e. The summed E-state index contributed by atoms with van der Waals surface area (Å²) >= 11 is 0. The second-order valence-corrected chi connectivity index (χ2v) is 9.13. The van der Waals surface area contributed by atoms with E-state index < -0.39 is 20.6 Å². The van der Waals surface area contributed by atoms with Crippen LogP contribution < -0.4 is 4.74 Å². The van der Waals surface area contributed by atoms with Gasteiger partial charge in [0, 0.05) is 37.1 Å². The van der Waals surface area contributed by atoms with Crippen LogP contribution in [0.25, 0.3) is 22.3 Å². The van der Waals surface area contributed by atoms with E-state index in [2.05, 4.69) is 15.0 Å². The summed E-state index contributed by atoms with van der Waals surface area (Å²) in [6.07, 6.45) is 3.22. The molecule has 0 spiro atoms. The molecular weight excluding hydrogens is 458 g/mol. The van der Waals surface area contributed by atoms with Crippen LogP contribution in [0.4, 0.5) is 5.69 Å². The third-order valence-electron chi connectivity index (χ3n) is 5.16. The molecule has 0 bridgehead atoms. The maximum absolute atomic E-state index is 12.9. The predicted octanol–water partition coefficient (Wildman–Crippen LogP) is 4.42. The Hall–Kier alpha value is -3.96. The molecule has 174 valence electrons. The Balaban J connectivity index is 1.82. The van der Waals surface area contributed by atoms with Gasteiger partial charge in [0.2, 0.25) is 21.7 Å². The molecule has 10 nitrogen and oxygen atoms in total. The summed E-state index contributed by atoms with van der Waals surface area (Å²) in [6.45, 7) is 3.89. The molecule has 0 N–H and O–H groups in total. The summed E-state index contributed by atoms with van der Waals surface area (Å²) in [5.41, 5.74) is 0.738. The lowest BCUT2D eigenvalue weighted by atomic mass is 10.2. The fourth-order valence-corrected chi connectivity index (χ4v) is 4.93. The SMILES string of the molecule is CCN(CC)S(=O)(=O)c1ccc(Oc2nc(-c3cccnc3)nc3ccccc23)c([N+](=O)[O-])c1. The van der Waals surface area contributed by atoms with Crippen LogP contribution in [0.5, 0.6) is 11.6 Å². The molecule has 0 saturated heterocycles. The van der Waals surface area contributed by atoms with Crippen molar-refractivity contribution in [3.63, 3.8) is 0 Å². The number of nitrogens with zero attached hydrogens (tertiary/aromatic N) is 5. The van der Waals surface area contributed by atoms with Crippen LogP contribution in [0, 0.1) is 10.1 Å². The molecule has 0 unspecified atom stereocenters. The van der Waals surface area contributed by atoms with Crippen LogP contribution in [0.1, 0.15) is 13.8 Å². The van der Waals surface area contributed by atoms with Crippen molar-refractivity contribution in [3.05, 3.63) is 77.1 Å². The maximum Gasteiger partial charge on any atom is 0.312 e. The van der Waals surface area contributed by atoms with Crippen molar-refractivity contribution in [2.75, 3.05) is 13.1 Å². The first-order valence-corrected chi connectivity index (χ1v) is 11.9. The fraction of sp³-hybridized carbons (Fsp3) is 0.174. The molecule has 0 amide bonds. The van der Waals surface area contributed by atoms with Crippen LogP contribution in [0.2, 0.25) is 0 Å². The Morgan fingerprint density at radius 2 is 1.79 bits per heavy atom. The summed E-state index contributed by atoms with van der Waals surface area (Å²) in [4.78, 5) is 24.1. The lowest BCUT2D eigenvalue weighted by Crippen LogP contribution is -2.30. The summed E-state index contributed by atoms with van der Waals surface area (Å²) < 4.78 is 32.8. The number of aromatic nitrogens is 3. The minimum Gasteiger partial charge on any atom is -0.431 e. The number of fused-ring (bicyclic) bond motifs is 1. The highest BCUT2D eigenvalue weighted by molar-refractivity contribution is 7.89. The standard InChI is InChI=1S/C23H21N5O5S/c1-3-27(4-2)34(31,32)17-11-12-21(20(14-17)28(29)30)33-23-18-9-5-6-10-19(18)25-22(26-23)16-8-7-13-24-15-16/h5-15H,3-4H2,1-2H3. The Bertz CT molecular complexity index is 1460. The summed E-state index contributed by atoms with van der Waals surface area (Å²) in [5, 5.41) is 12.4. The van der Waals surface area contributed by atoms with E-state index in [4.69, 9.17) is 4.74 Å². The highest BCUT2D eigenvalue weighted by Gasteiger charge is 2.27. The topological polar surface area (TPSA) is 128 Å². The van der Waals surface area contributed by atoms with E-state index in [0.717, 1.165) is 6.07 Å². The molecule has 34 heavy (non-hydrogen) atoms. The molecule has 2 heterocycles. The highest BCUT2D eigenvalue weighted by atomic mass is 32.2. The molecule has 0 aliphatic heterocycles. The number of para-hydroxylation sites is 1. The van der Waals surface area contributed by atoms with Gasteiger partial charge in [0.25, 0.3) is 0 Å². The first kappa shape index (κ1) is 23.2. The van der Waals surface area contributed by atoms with Gasteiger partial charge in [-0.2, -0.15) is 9.29 Å². The lowest BCUT2D eigenvalue weighted by molar-refractivity contribution is -0.385. The van der Waals surface area contributed by atoms with Gasteiger partial charge in [0.15, 0.2) is 5.82 Å². The van der Waals surface area contributed by atoms with Crippen molar-refractivity contribution < 1.29 is 18.1 Å². The molecule has 0 aliphatic rings. The van der Waals surface area contributed by atoms with E-state index in [1.807, 2.05) is 0 Å². The monoisotopic (exact) mass is 479 g/mol. The molecule has 0 fully saturated rings. The second kappa shape index (κ2) is 9.49. The van der Waals surface area contributed by atoms with Gasteiger partial charge >= 0.3 is 5.69 Å². The Labute approximate surface area is 196 Å². The zero-order valence-electron chi connectivity index (χ0n) is 18.5. The number of ether oxygens (including phenoxy) is 1. The predicted molar refractivity (Wildman–Crippen MR) is 126 cm³/mol. The van der Waals surface area contributed by atoms with Crippen LogP contribution in [-0.2, 0) is 10.0 Å². The van der Waals surface area contributed by atoms with E-state index in [-0.39, 0.29) is 29.6 Å². The van der Waals surface area contributed by atoms with Gasteiger partial charge in [-0.05, 0) is 36.4 Å². The van der Waals surface area contributed by atoms with Crippen LogP contribution >= 0.6 is 0 Å². The molecule has 0 atom stereocenters. The molecule has 0 radical (unpaired) electrons. The van der Waals surface area contributed by atoms with Gasteiger partial charge in [0.05, 0.1) is 20.7 Å². The number of benzene rings is 2. The maximum atomic E-state index is 12.9. The summed E-state index contributed by atoms with van der Waals surface area (Å²) in [6, 6.07) is 14.2.